The van der Waals surface area contributed by atoms with Crippen molar-refractivity contribution in [2.75, 3.05) is 13.2 Å². The van der Waals surface area contributed by atoms with Crippen molar-refractivity contribution in [2.45, 2.75) is 13.8 Å². The summed E-state index contributed by atoms with van der Waals surface area (Å²) in [7, 11) is 0. The lowest BCUT2D eigenvalue weighted by molar-refractivity contribution is 0.0947. The third-order valence-electron chi connectivity index (χ3n) is 2.62. The minimum absolute atomic E-state index is 0.0818. The van der Waals surface area contributed by atoms with Gasteiger partial charge in [-0.2, -0.15) is 0 Å². The standard InChI is InChI=1S/C13H19N3O3/c1-3-19-11-7-5-4-6-10(11)13(17)15-8-9(2)12(14)16-18/h4-7,9,18H,3,8H2,1-2H3,(H2,14,16)(H,15,17). The minimum Gasteiger partial charge on any atom is -0.493 e. The lowest BCUT2D eigenvalue weighted by Crippen LogP contribution is -2.34. The number of amides is 1. The summed E-state index contributed by atoms with van der Waals surface area (Å²) in [5.41, 5.74) is 5.91. The Morgan fingerprint density at radius 1 is 1.53 bits per heavy atom. The fourth-order valence-electron chi connectivity index (χ4n) is 1.48. The minimum atomic E-state index is -0.248. The van der Waals surface area contributed by atoms with Crippen molar-refractivity contribution < 1.29 is 14.7 Å². The number of carbonyl (C=O) groups is 1. The molecule has 6 heteroatoms. The zero-order valence-corrected chi connectivity index (χ0v) is 11.1. The Morgan fingerprint density at radius 2 is 2.21 bits per heavy atom. The first kappa shape index (κ1) is 14.8. The van der Waals surface area contributed by atoms with E-state index in [1.165, 1.54) is 0 Å². The summed E-state index contributed by atoms with van der Waals surface area (Å²) >= 11 is 0. The molecule has 0 aliphatic heterocycles. The van der Waals surface area contributed by atoms with E-state index in [4.69, 9.17) is 15.7 Å². The van der Waals surface area contributed by atoms with Gasteiger partial charge in [-0.15, -0.1) is 0 Å². The predicted octanol–water partition coefficient (Wildman–Crippen LogP) is 1.20. The second-order valence-corrected chi connectivity index (χ2v) is 4.07. The molecule has 1 unspecified atom stereocenters. The smallest absolute Gasteiger partial charge is 0.255 e. The van der Waals surface area contributed by atoms with Gasteiger partial charge in [0.2, 0.25) is 0 Å². The summed E-state index contributed by atoms with van der Waals surface area (Å²) in [6.45, 7) is 4.39. The molecule has 0 heterocycles. The zero-order chi connectivity index (χ0) is 14.3. The Kier molecular flexibility index (Phi) is 5.66. The fourth-order valence-corrected chi connectivity index (χ4v) is 1.48. The van der Waals surface area contributed by atoms with E-state index in [0.29, 0.717) is 17.9 Å². The Hall–Kier alpha value is -2.24. The van der Waals surface area contributed by atoms with Crippen LogP contribution in [0.15, 0.2) is 29.4 Å². The SMILES string of the molecule is CCOc1ccccc1C(=O)NCC(C)C(N)=NO. The molecule has 1 aromatic rings. The summed E-state index contributed by atoms with van der Waals surface area (Å²) in [4.78, 5) is 12.0. The van der Waals surface area contributed by atoms with Crippen LogP contribution in [0.2, 0.25) is 0 Å². The zero-order valence-electron chi connectivity index (χ0n) is 11.1. The van der Waals surface area contributed by atoms with Gasteiger partial charge < -0.3 is 21.0 Å². The third-order valence-corrected chi connectivity index (χ3v) is 2.62. The number of para-hydroxylation sites is 1. The van der Waals surface area contributed by atoms with Crippen molar-refractivity contribution in [3.05, 3.63) is 29.8 Å². The van der Waals surface area contributed by atoms with Crippen LogP contribution in [0.4, 0.5) is 0 Å². The first-order chi connectivity index (χ1) is 9.10. The number of nitrogens with two attached hydrogens (primary N) is 1. The maximum absolute atomic E-state index is 12.0. The van der Waals surface area contributed by atoms with Crippen LogP contribution in [0, 0.1) is 5.92 Å². The maximum Gasteiger partial charge on any atom is 0.255 e. The molecule has 0 saturated heterocycles. The number of oxime groups is 1. The molecular formula is C13H19N3O3. The van der Waals surface area contributed by atoms with Crippen molar-refractivity contribution in [2.24, 2.45) is 16.8 Å². The van der Waals surface area contributed by atoms with Gasteiger partial charge in [0.25, 0.3) is 5.91 Å². The normalized spacial score (nSPS) is 12.8. The molecule has 0 bridgehead atoms. The van der Waals surface area contributed by atoms with Crippen LogP contribution in [-0.4, -0.2) is 30.1 Å². The lowest BCUT2D eigenvalue weighted by atomic mass is 10.1. The topological polar surface area (TPSA) is 96.9 Å². The van der Waals surface area contributed by atoms with Gasteiger partial charge in [-0.1, -0.05) is 24.2 Å². The number of rotatable bonds is 6. The second-order valence-electron chi connectivity index (χ2n) is 4.07. The molecule has 0 saturated carbocycles. The molecule has 0 aromatic heterocycles. The van der Waals surface area contributed by atoms with E-state index in [2.05, 4.69) is 10.5 Å². The van der Waals surface area contributed by atoms with E-state index in [1.807, 2.05) is 6.92 Å². The molecule has 4 N–H and O–H groups in total. The van der Waals surface area contributed by atoms with Crippen molar-refractivity contribution in [1.29, 1.82) is 0 Å². The van der Waals surface area contributed by atoms with Gasteiger partial charge in [-0.05, 0) is 19.1 Å². The number of hydrogen-bond donors (Lipinski definition) is 3. The number of amidine groups is 1. The average molecular weight is 265 g/mol. The van der Waals surface area contributed by atoms with Gasteiger partial charge in [0.15, 0.2) is 0 Å². The van der Waals surface area contributed by atoms with Crippen LogP contribution in [-0.2, 0) is 0 Å². The average Bonchev–Trinajstić information content (AvgIpc) is 2.44. The molecule has 0 radical (unpaired) electrons. The molecule has 104 valence electrons. The predicted molar refractivity (Wildman–Crippen MR) is 72.5 cm³/mol. The number of hydrogen-bond acceptors (Lipinski definition) is 4. The maximum atomic E-state index is 12.0. The quantitative estimate of drug-likeness (QED) is 0.311. The summed E-state index contributed by atoms with van der Waals surface area (Å²) in [6, 6.07) is 7.01. The van der Waals surface area contributed by atoms with Gasteiger partial charge in [0.1, 0.15) is 11.6 Å². The molecule has 1 atom stereocenters. The van der Waals surface area contributed by atoms with Gasteiger partial charge >= 0.3 is 0 Å². The summed E-state index contributed by atoms with van der Waals surface area (Å²) < 4.78 is 5.38. The van der Waals surface area contributed by atoms with Gasteiger partial charge in [0.05, 0.1) is 12.2 Å². The molecule has 0 aliphatic rings. The molecule has 1 aromatic carbocycles. The van der Waals surface area contributed by atoms with E-state index in [9.17, 15) is 4.79 Å². The largest absolute Gasteiger partial charge is 0.493 e. The molecule has 0 fully saturated rings. The van der Waals surface area contributed by atoms with Crippen LogP contribution < -0.4 is 15.8 Å². The Balaban J connectivity index is 2.68. The second kappa shape index (κ2) is 7.25. The number of benzene rings is 1. The molecule has 1 rings (SSSR count). The lowest BCUT2D eigenvalue weighted by Gasteiger charge is -2.13. The summed E-state index contributed by atoms with van der Waals surface area (Å²) in [6.07, 6.45) is 0. The van der Waals surface area contributed by atoms with Gasteiger partial charge in [-0.25, -0.2) is 0 Å². The van der Waals surface area contributed by atoms with Crippen LogP contribution in [0.1, 0.15) is 24.2 Å². The number of ether oxygens (including phenoxy) is 1. The summed E-state index contributed by atoms with van der Waals surface area (Å²) in [5.74, 6) is 0.132. The van der Waals surface area contributed by atoms with Crippen LogP contribution >= 0.6 is 0 Å². The van der Waals surface area contributed by atoms with Crippen molar-refractivity contribution in [1.82, 2.24) is 5.32 Å². The first-order valence-corrected chi connectivity index (χ1v) is 6.07. The van der Waals surface area contributed by atoms with E-state index >= 15 is 0 Å². The highest BCUT2D eigenvalue weighted by Crippen LogP contribution is 2.17. The fraction of sp³-hybridized carbons (Fsp3) is 0.385. The number of carbonyl (C=O) groups excluding carboxylic acids is 1. The van der Waals surface area contributed by atoms with Gasteiger partial charge in [-0.3, -0.25) is 4.79 Å². The molecule has 1 amide bonds. The van der Waals surface area contributed by atoms with Crippen LogP contribution in [0.3, 0.4) is 0 Å². The Morgan fingerprint density at radius 3 is 2.84 bits per heavy atom. The van der Waals surface area contributed by atoms with Crippen molar-refractivity contribution >= 4 is 11.7 Å². The number of nitrogens with zero attached hydrogens (tertiary/aromatic N) is 1. The van der Waals surface area contributed by atoms with E-state index < -0.39 is 0 Å². The van der Waals surface area contributed by atoms with E-state index in [-0.39, 0.29) is 24.2 Å². The highest BCUT2D eigenvalue weighted by Gasteiger charge is 2.14. The van der Waals surface area contributed by atoms with Crippen LogP contribution in [0.25, 0.3) is 0 Å². The molecule has 19 heavy (non-hydrogen) atoms. The Bertz CT molecular complexity index is 460. The van der Waals surface area contributed by atoms with E-state index in [1.54, 1.807) is 31.2 Å². The molecule has 6 nitrogen and oxygen atoms in total. The molecule has 0 spiro atoms. The highest BCUT2D eigenvalue weighted by atomic mass is 16.5. The van der Waals surface area contributed by atoms with Gasteiger partial charge in [0, 0.05) is 12.5 Å². The Labute approximate surface area is 112 Å². The van der Waals surface area contributed by atoms with Crippen molar-refractivity contribution in [3.63, 3.8) is 0 Å². The summed E-state index contributed by atoms with van der Waals surface area (Å²) in [5, 5.41) is 14.2. The number of nitrogens with one attached hydrogen (secondary N) is 1. The highest BCUT2D eigenvalue weighted by molar-refractivity contribution is 5.97. The molecular weight excluding hydrogens is 246 g/mol. The molecule has 0 aliphatic carbocycles. The van der Waals surface area contributed by atoms with E-state index in [0.717, 1.165) is 0 Å². The first-order valence-electron chi connectivity index (χ1n) is 6.07. The van der Waals surface area contributed by atoms with Crippen LogP contribution in [0.5, 0.6) is 5.75 Å². The third kappa shape index (κ3) is 4.17. The van der Waals surface area contributed by atoms with Crippen molar-refractivity contribution in [3.8, 4) is 5.75 Å². The monoisotopic (exact) mass is 265 g/mol.